The Balaban J connectivity index is 2.34. The van der Waals surface area contributed by atoms with Gasteiger partial charge in [0.15, 0.2) is 0 Å². The highest BCUT2D eigenvalue weighted by Crippen LogP contribution is 2.34. The molecule has 1 fully saturated rings. The molecule has 0 amide bonds. The van der Waals surface area contributed by atoms with E-state index >= 15 is 0 Å². The first-order valence-corrected chi connectivity index (χ1v) is 6.44. The lowest BCUT2D eigenvalue weighted by molar-refractivity contribution is 0.0695. The summed E-state index contributed by atoms with van der Waals surface area (Å²) in [7, 11) is 0. The fourth-order valence-electron chi connectivity index (χ4n) is 3.01. The van der Waals surface area contributed by atoms with Crippen molar-refractivity contribution in [2.24, 2.45) is 0 Å². The molecule has 1 aromatic carbocycles. The third-order valence-electron chi connectivity index (χ3n) is 3.85. The monoisotopic (exact) mass is 232 g/mol. The van der Waals surface area contributed by atoms with Gasteiger partial charge in [0.25, 0.3) is 0 Å². The molecule has 0 aliphatic heterocycles. The van der Waals surface area contributed by atoms with Crippen LogP contribution in [0.2, 0.25) is 0 Å². The van der Waals surface area contributed by atoms with Crippen LogP contribution in [0.5, 0.6) is 0 Å². The Bertz CT molecular complexity index is 406. The molecule has 1 aromatic rings. The molecule has 1 saturated carbocycles. The zero-order valence-electron chi connectivity index (χ0n) is 10.6. The summed E-state index contributed by atoms with van der Waals surface area (Å²) in [5.41, 5.74) is 3.62. The molecule has 1 aliphatic carbocycles. The minimum atomic E-state index is -0.810. The molecule has 0 unspecified atom stereocenters. The molecule has 0 aromatic heterocycles. The molecule has 1 aliphatic rings. The Labute approximate surface area is 103 Å². The standard InChI is InChI=1S/C15H20O2/c1-10-8-13(12-6-4-3-5-7-12)9-11(2)14(10)15(16)17/h8-9,12H,3-7H2,1-2H3,(H,16,17). The summed E-state index contributed by atoms with van der Waals surface area (Å²) in [6.45, 7) is 3.81. The van der Waals surface area contributed by atoms with E-state index in [1.165, 1.54) is 37.7 Å². The number of aryl methyl sites for hydroxylation is 2. The van der Waals surface area contributed by atoms with E-state index in [4.69, 9.17) is 5.11 Å². The zero-order chi connectivity index (χ0) is 12.4. The molecule has 1 N–H and O–H groups in total. The van der Waals surface area contributed by atoms with Gasteiger partial charge in [-0.25, -0.2) is 4.79 Å². The van der Waals surface area contributed by atoms with E-state index < -0.39 is 5.97 Å². The van der Waals surface area contributed by atoms with Crippen molar-refractivity contribution in [2.45, 2.75) is 51.9 Å². The summed E-state index contributed by atoms with van der Waals surface area (Å²) in [6, 6.07) is 4.15. The smallest absolute Gasteiger partial charge is 0.336 e. The molecule has 17 heavy (non-hydrogen) atoms. The summed E-state index contributed by atoms with van der Waals surface area (Å²) in [4.78, 5) is 11.1. The average Bonchev–Trinajstić information content (AvgIpc) is 2.28. The average molecular weight is 232 g/mol. The number of carboxylic acids is 1. The second-order valence-electron chi connectivity index (χ2n) is 5.17. The van der Waals surface area contributed by atoms with E-state index in [0.717, 1.165) is 11.1 Å². The molecular formula is C15H20O2. The molecular weight excluding hydrogens is 212 g/mol. The van der Waals surface area contributed by atoms with E-state index in [1.54, 1.807) is 0 Å². The predicted octanol–water partition coefficient (Wildman–Crippen LogP) is 4.05. The maximum Gasteiger partial charge on any atom is 0.336 e. The van der Waals surface area contributed by atoms with Crippen molar-refractivity contribution in [3.8, 4) is 0 Å². The molecule has 0 heterocycles. The van der Waals surface area contributed by atoms with Crippen molar-refractivity contribution in [3.05, 3.63) is 34.4 Å². The van der Waals surface area contributed by atoms with Crippen LogP contribution in [0.1, 0.15) is 65.1 Å². The van der Waals surface area contributed by atoms with Crippen molar-refractivity contribution in [1.82, 2.24) is 0 Å². The van der Waals surface area contributed by atoms with E-state index in [1.807, 2.05) is 13.8 Å². The Hall–Kier alpha value is -1.31. The lowest BCUT2D eigenvalue weighted by Gasteiger charge is -2.23. The Morgan fingerprint density at radius 1 is 1.12 bits per heavy atom. The Morgan fingerprint density at radius 3 is 2.12 bits per heavy atom. The molecule has 0 spiro atoms. The number of carbonyl (C=O) groups is 1. The van der Waals surface area contributed by atoms with Gasteiger partial charge in [0, 0.05) is 0 Å². The van der Waals surface area contributed by atoms with Gasteiger partial charge >= 0.3 is 5.97 Å². The molecule has 92 valence electrons. The van der Waals surface area contributed by atoms with E-state index in [0.29, 0.717) is 11.5 Å². The van der Waals surface area contributed by atoms with Crippen molar-refractivity contribution < 1.29 is 9.90 Å². The van der Waals surface area contributed by atoms with Gasteiger partial charge in [0.1, 0.15) is 0 Å². The van der Waals surface area contributed by atoms with Crippen molar-refractivity contribution >= 4 is 5.97 Å². The first-order valence-electron chi connectivity index (χ1n) is 6.44. The number of aromatic carboxylic acids is 1. The zero-order valence-corrected chi connectivity index (χ0v) is 10.6. The topological polar surface area (TPSA) is 37.3 Å². The van der Waals surface area contributed by atoms with E-state index in [-0.39, 0.29) is 0 Å². The fourth-order valence-corrected chi connectivity index (χ4v) is 3.01. The highest BCUT2D eigenvalue weighted by atomic mass is 16.4. The van der Waals surface area contributed by atoms with Gasteiger partial charge in [-0.3, -0.25) is 0 Å². The van der Waals surface area contributed by atoms with Crippen LogP contribution in [0.3, 0.4) is 0 Å². The maximum absolute atomic E-state index is 11.1. The van der Waals surface area contributed by atoms with Crippen LogP contribution in [-0.4, -0.2) is 11.1 Å². The fraction of sp³-hybridized carbons (Fsp3) is 0.533. The molecule has 2 heteroatoms. The van der Waals surface area contributed by atoms with E-state index in [9.17, 15) is 4.79 Å². The van der Waals surface area contributed by atoms with Crippen molar-refractivity contribution in [3.63, 3.8) is 0 Å². The normalized spacial score (nSPS) is 17.1. The van der Waals surface area contributed by atoms with E-state index in [2.05, 4.69) is 12.1 Å². The molecule has 0 bridgehead atoms. The second-order valence-corrected chi connectivity index (χ2v) is 5.17. The van der Waals surface area contributed by atoms with Gasteiger partial charge in [-0.1, -0.05) is 31.4 Å². The SMILES string of the molecule is Cc1cc(C2CCCCC2)cc(C)c1C(=O)O. The lowest BCUT2D eigenvalue weighted by Crippen LogP contribution is -2.08. The third-order valence-corrected chi connectivity index (χ3v) is 3.85. The van der Waals surface area contributed by atoms with Crippen LogP contribution in [0.25, 0.3) is 0 Å². The van der Waals surface area contributed by atoms with Gasteiger partial charge in [0.05, 0.1) is 5.56 Å². The third kappa shape index (κ3) is 2.51. The second kappa shape index (κ2) is 4.91. The Kier molecular flexibility index (Phi) is 3.51. The van der Waals surface area contributed by atoms with Gasteiger partial charge in [0.2, 0.25) is 0 Å². The number of carboxylic acid groups (broad SMARTS) is 1. The Morgan fingerprint density at radius 2 is 1.65 bits per heavy atom. The summed E-state index contributed by atoms with van der Waals surface area (Å²) < 4.78 is 0. The van der Waals surface area contributed by atoms with Crippen LogP contribution in [-0.2, 0) is 0 Å². The first kappa shape index (κ1) is 12.2. The molecule has 0 saturated heterocycles. The molecule has 2 nitrogen and oxygen atoms in total. The lowest BCUT2D eigenvalue weighted by atomic mass is 9.82. The minimum Gasteiger partial charge on any atom is -0.478 e. The number of hydrogen-bond donors (Lipinski definition) is 1. The predicted molar refractivity (Wildman–Crippen MR) is 68.7 cm³/mol. The van der Waals surface area contributed by atoms with Crippen LogP contribution < -0.4 is 0 Å². The number of rotatable bonds is 2. The van der Waals surface area contributed by atoms with Crippen molar-refractivity contribution in [1.29, 1.82) is 0 Å². The van der Waals surface area contributed by atoms with Crippen LogP contribution in [0, 0.1) is 13.8 Å². The van der Waals surface area contributed by atoms with Gasteiger partial charge in [-0.15, -0.1) is 0 Å². The number of hydrogen-bond acceptors (Lipinski definition) is 1. The molecule has 2 rings (SSSR count). The molecule has 0 atom stereocenters. The molecule has 0 radical (unpaired) electrons. The van der Waals surface area contributed by atoms with Gasteiger partial charge in [-0.05, 0) is 49.3 Å². The minimum absolute atomic E-state index is 0.476. The first-order chi connectivity index (χ1) is 8.09. The van der Waals surface area contributed by atoms with Gasteiger partial charge in [-0.2, -0.15) is 0 Å². The van der Waals surface area contributed by atoms with Gasteiger partial charge < -0.3 is 5.11 Å². The quantitative estimate of drug-likeness (QED) is 0.835. The highest BCUT2D eigenvalue weighted by molar-refractivity contribution is 5.91. The summed E-state index contributed by atoms with van der Waals surface area (Å²) in [6.07, 6.45) is 6.48. The van der Waals surface area contributed by atoms with Crippen molar-refractivity contribution in [2.75, 3.05) is 0 Å². The van der Waals surface area contributed by atoms with Crippen LogP contribution in [0.15, 0.2) is 12.1 Å². The number of benzene rings is 1. The maximum atomic E-state index is 11.1. The van der Waals surface area contributed by atoms with Crippen LogP contribution >= 0.6 is 0 Å². The summed E-state index contributed by atoms with van der Waals surface area (Å²) in [5.74, 6) is -0.167. The van der Waals surface area contributed by atoms with Crippen LogP contribution in [0.4, 0.5) is 0 Å². The summed E-state index contributed by atoms with van der Waals surface area (Å²) in [5, 5.41) is 9.15. The summed E-state index contributed by atoms with van der Waals surface area (Å²) >= 11 is 0. The largest absolute Gasteiger partial charge is 0.478 e. The highest BCUT2D eigenvalue weighted by Gasteiger charge is 2.18.